The summed E-state index contributed by atoms with van der Waals surface area (Å²) in [6.07, 6.45) is 1.61. The van der Waals surface area contributed by atoms with Gasteiger partial charge in [-0.05, 0) is 37.3 Å². The Morgan fingerprint density at radius 3 is 2.53 bits per heavy atom. The van der Waals surface area contributed by atoms with Crippen molar-refractivity contribution in [1.29, 1.82) is 0 Å². The summed E-state index contributed by atoms with van der Waals surface area (Å²) in [6, 6.07) is 14.2. The van der Waals surface area contributed by atoms with Crippen molar-refractivity contribution in [3.05, 3.63) is 78.0 Å². The molecule has 2 amide bonds. The number of carbonyl (C=O) groups excluding carboxylic acids is 1. The molecule has 1 aromatic heterocycles. The number of nitrogens with zero attached hydrogens (tertiary/aromatic N) is 3. The minimum Gasteiger partial charge on any atom is -0.492 e. The largest absolute Gasteiger partial charge is 0.492 e. The summed E-state index contributed by atoms with van der Waals surface area (Å²) in [5, 5.41) is 5.56. The fraction of sp³-hybridized carbons (Fsp3) is 0.280. The van der Waals surface area contributed by atoms with Crippen LogP contribution in [0.1, 0.15) is 12.5 Å². The first-order valence-corrected chi connectivity index (χ1v) is 11.2. The molecule has 9 heteroatoms. The van der Waals surface area contributed by atoms with Crippen molar-refractivity contribution in [1.82, 2.24) is 9.88 Å². The van der Waals surface area contributed by atoms with Crippen molar-refractivity contribution in [3.8, 4) is 5.75 Å². The molecular formula is C25H27F2N5O2. The van der Waals surface area contributed by atoms with Crippen molar-refractivity contribution >= 4 is 23.2 Å². The second-order valence-corrected chi connectivity index (χ2v) is 7.91. The zero-order valence-electron chi connectivity index (χ0n) is 18.9. The standard InChI is InChI=1S/C25H27F2N5O2/c1-2-34-23-6-4-3-5-22(23)30-25(33)29-20-9-10-24(28-16-20)32-13-11-31(12-14-32)17-18-7-8-19(26)15-21(18)27/h3-10,15-16H,2,11-14,17H2,1H3,(H2,29,30,33). The molecule has 3 aromatic rings. The SMILES string of the molecule is CCOc1ccccc1NC(=O)Nc1ccc(N2CCN(Cc3ccc(F)cc3F)CC2)nc1. The van der Waals surface area contributed by atoms with Gasteiger partial charge in [0.05, 0.1) is 24.2 Å². The van der Waals surface area contributed by atoms with Crippen molar-refractivity contribution in [2.45, 2.75) is 13.5 Å². The normalized spacial score (nSPS) is 14.0. The molecule has 178 valence electrons. The maximum absolute atomic E-state index is 13.9. The molecule has 0 unspecified atom stereocenters. The molecule has 2 aromatic carbocycles. The molecule has 1 fully saturated rings. The highest BCUT2D eigenvalue weighted by Gasteiger charge is 2.19. The average Bonchev–Trinajstić information content (AvgIpc) is 2.83. The van der Waals surface area contributed by atoms with Gasteiger partial charge < -0.3 is 20.3 Å². The van der Waals surface area contributed by atoms with Crippen LogP contribution >= 0.6 is 0 Å². The maximum atomic E-state index is 13.9. The zero-order chi connectivity index (χ0) is 23.9. The van der Waals surface area contributed by atoms with Crippen LogP contribution in [-0.4, -0.2) is 48.7 Å². The predicted molar refractivity (Wildman–Crippen MR) is 128 cm³/mol. The van der Waals surface area contributed by atoms with Gasteiger partial charge in [-0.2, -0.15) is 0 Å². The third-order valence-electron chi connectivity index (χ3n) is 5.55. The Kier molecular flexibility index (Phi) is 7.54. The Hall–Kier alpha value is -3.72. The first-order chi connectivity index (χ1) is 16.5. The van der Waals surface area contributed by atoms with E-state index >= 15 is 0 Å². The Balaban J connectivity index is 1.28. The first kappa shape index (κ1) is 23.4. The minimum atomic E-state index is -0.567. The number of aromatic nitrogens is 1. The predicted octanol–water partition coefficient (Wildman–Crippen LogP) is 4.72. The number of ether oxygens (including phenoxy) is 1. The van der Waals surface area contributed by atoms with Crippen molar-refractivity contribution < 1.29 is 18.3 Å². The Morgan fingerprint density at radius 2 is 1.82 bits per heavy atom. The topological polar surface area (TPSA) is 69.7 Å². The van der Waals surface area contributed by atoms with Gasteiger partial charge in [0.15, 0.2) is 0 Å². The van der Waals surface area contributed by atoms with E-state index in [-0.39, 0.29) is 6.03 Å². The molecule has 0 bridgehead atoms. The average molecular weight is 468 g/mol. The number of anilines is 3. The van der Waals surface area contributed by atoms with E-state index in [0.29, 0.717) is 35.8 Å². The minimum absolute atomic E-state index is 0.386. The van der Waals surface area contributed by atoms with Crippen LogP contribution in [0, 0.1) is 11.6 Å². The van der Waals surface area contributed by atoms with Crippen LogP contribution in [0.3, 0.4) is 0 Å². The molecule has 2 heterocycles. The van der Waals surface area contributed by atoms with E-state index in [9.17, 15) is 13.6 Å². The number of para-hydroxylation sites is 2. The third-order valence-corrected chi connectivity index (χ3v) is 5.55. The smallest absolute Gasteiger partial charge is 0.323 e. The second-order valence-electron chi connectivity index (χ2n) is 7.91. The van der Waals surface area contributed by atoms with Gasteiger partial charge in [-0.25, -0.2) is 18.6 Å². The van der Waals surface area contributed by atoms with E-state index in [1.165, 1.54) is 12.1 Å². The van der Waals surface area contributed by atoms with Crippen LogP contribution < -0.4 is 20.3 Å². The second kappa shape index (κ2) is 10.9. The number of pyridine rings is 1. The number of carbonyl (C=O) groups is 1. The van der Waals surface area contributed by atoms with Gasteiger partial charge >= 0.3 is 6.03 Å². The third kappa shape index (κ3) is 5.99. The van der Waals surface area contributed by atoms with E-state index in [0.717, 1.165) is 38.1 Å². The lowest BCUT2D eigenvalue weighted by molar-refractivity contribution is 0.246. The Morgan fingerprint density at radius 1 is 1.03 bits per heavy atom. The summed E-state index contributed by atoms with van der Waals surface area (Å²) >= 11 is 0. The number of amides is 2. The van der Waals surface area contributed by atoms with Gasteiger partial charge in [0, 0.05) is 44.4 Å². The molecule has 0 atom stereocenters. The quantitative estimate of drug-likeness (QED) is 0.526. The number of hydrogen-bond acceptors (Lipinski definition) is 5. The monoisotopic (exact) mass is 467 g/mol. The summed E-state index contributed by atoms with van der Waals surface area (Å²) in [5.74, 6) is 0.329. The van der Waals surface area contributed by atoms with E-state index < -0.39 is 11.6 Å². The number of hydrogen-bond donors (Lipinski definition) is 2. The van der Waals surface area contributed by atoms with Gasteiger partial charge in [-0.1, -0.05) is 18.2 Å². The molecule has 0 radical (unpaired) electrons. The maximum Gasteiger partial charge on any atom is 0.323 e. The molecule has 0 spiro atoms. The van der Waals surface area contributed by atoms with Gasteiger partial charge in [0.25, 0.3) is 0 Å². The molecule has 1 aliphatic rings. The lowest BCUT2D eigenvalue weighted by atomic mass is 10.1. The summed E-state index contributed by atoms with van der Waals surface area (Å²) in [6.45, 7) is 5.77. The van der Waals surface area contributed by atoms with E-state index in [1.54, 1.807) is 24.4 Å². The lowest BCUT2D eigenvalue weighted by Crippen LogP contribution is -2.46. The molecule has 4 rings (SSSR count). The van der Waals surface area contributed by atoms with Gasteiger partial charge in [0.2, 0.25) is 0 Å². The lowest BCUT2D eigenvalue weighted by Gasteiger charge is -2.35. The molecule has 7 nitrogen and oxygen atoms in total. The fourth-order valence-electron chi connectivity index (χ4n) is 3.81. The summed E-state index contributed by atoms with van der Waals surface area (Å²) < 4.78 is 32.6. The highest BCUT2D eigenvalue weighted by Crippen LogP contribution is 2.24. The van der Waals surface area contributed by atoms with E-state index in [1.807, 2.05) is 25.1 Å². The summed E-state index contributed by atoms with van der Waals surface area (Å²) in [5.41, 5.74) is 1.65. The highest BCUT2D eigenvalue weighted by atomic mass is 19.1. The number of nitrogens with one attached hydrogen (secondary N) is 2. The zero-order valence-corrected chi connectivity index (χ0v) is 18.9. The van der Waals surface area contributed by atoms with Gasteiger partial charge in [0.1, 0.15) is 23.2 Å². The highest BCUT2D eigenvalue weighted by molar-refractivity contribution is 6.00. The molecule has 34 heavy (non-hydrogen) atoms. The van der Waals surface area contributed by atoms with Gasteiger partial charge in [-0.3, -0.25) is 4.90 Å². The molecule has 1 aliphatic heterocycles. The van der Waals surface area contributed by atoms with Crippen LogP contribution in [0.4, 0.5) is 30.8 Å². The Bertz CT molecular complexity index is 1120. The first-order valence-electron chi connectivity index (χ1n) is 11.2. The van der Waals surface area contributed by atoms with Crippen LogP contribution in [0.15, 0.2) is 60.8 Å². The van der Waals surface area contributed by atoms with E-state index in [4.69, 9.17) is 4.74 Å². The number of urea groups is 1. The summed E-state index contributed by atoms with van der Waals surface area (Å²) in [4.78, 5) is 21.1. The number of rotatable bonds is 7. The number of piperazine rings is 1. The van der Waals surface area contributed by atoms with Crippen molar-refractivity contribution in [3.63, 3.8) is 0 Å². The molecule has 2 N–H and O–H groups in total. The summed E-state index contributed by atoms with van der Waals surface area (Å²) in [7, 11) is 0. The molecule has 0 saturated carbocycles. The van der Waals surface area contributed by atoms with Crippen LogP contribution in [0.5, 0.6) is 5.75 Å². The Labute approximate surface area is 197 Å². The van der Waals surface area contributed by atoms with Crippen LogP contribution in [-0.2, 0) is 6.54 Å². The van der Waals surface area contributed by atoms with E-state index in [2.05, 4.69) is 25.4 Å². The molecule has 1 saturated heterocycles. The fourth-order valence-corrected chi connectivity index (χ4v) is 3.81. The molecule has 0 aliphatic carbocycles. The van der Waals surface area contributed by atoms with Gasteiger partial charge in [-0.15, -0.1) is 0 Å². The number of halogens is 2. The van der Waals surface area contributed by atoms with Crippen molar-refractivity contribution in [2.75, 3.05) is 48.3 Å². The molecular weight excluding hydrogens is 440 g/mol. The number of benzene rings is 2. The van der Waals surface area contributed by atoms with Crippen LogP contribution in [0.2, 0.25) is 0 Å². The van der Waals surface area contributed by atoms with Crippen LogP contribution in [0.25, 0.3) is 0 Å². The van der Waals surface area contributed by atoms with Crippen molar-refractivity contribution in [2.24, 2.45) is 0 Å².